The summed E-state index contributed by atoms with van der Waals surface area (Å²) in [6, 6.07) is 22.2. The quantitative estimate of drug-likeness (QED) is 0.131. The first-order valence-corrected chi connectivity index (χ1v) is 14.4. The van der Waals surface area contributed by atoms with Crippen molar-refractivity contribution in [2.24, 2.45) is 5.73 Å². The number of nitrogens with zero attached hydrogens (tertiary/aromatic N) is 4. The van der Waals surface area contributed by atoms with Gasteiger partial charge in [0.2, 0.25) is 0 Å². The summed E-state index contributed by atoms with van der Waals surface area (Å²) in [7, 11) is 0. The predicted octanol–water partition coefficient (Wildman–Crippen LogP) is 3.48. The molecule has 0 aliphatic carbocycles. The molecule has 0 spiro atoms. The molecule has 0 fully saturated rings. The number of aliphatic hydroxyl groups excluding tert-OH is 2. The summed E-state index contributed by atoms with van der Waals surface area (Å²) in [6.45, 7) is 2.49. The Labute approximate surface area is 251 Å². The molecule has 0 aliphatic rings. The second-order valence-corrected chi connectivity index (χ2v) is 10.7. The predicted molar refractivity (Wildman–Crippen MR) is 164 cm³/mol. The van der Waals surface area contributed by atoms with E-state index in [2.05, 4.69) is 9.97 Å². The Balaban J connectivity index is 1.55. The van der Waals surface area contributed by atoms with Gasteiger partial charge in [-0.2, -0.15) is 0 Å². The number of hydrogen-bond donors (Lipinski definition) is 5. The van der Waals surface area contributed by atoms with Crippen molar-refractivity contribution < 1.29 is 20.4 Å². The van der Waals surface area contributed by atoms with Gasteiger partial charge in [0.25, 0.3) is 0 Å². The van der Waals surface area contributed by atoms with Crippen LogP contribution in [0.4, 0.5) is 0 Å². The van der Waals surface area contributed by atoms with E-state index in [9.17, 15) is 20.4 Å². The second kappa shape index (κ2) is 15.6. The maximum atomic E-state index is 10.7. The third-order valence-corrected chi connectivity index (χ3v) is 7.25. The normalized spacial score (nSPS) is 13.0. The Morgan fingerprint density at radius 3 is 2.02 bits per heavy atom. The lowest BCUT2D eigenvalue weighted by atomic mass is 10.0. The molecule has 4 rings (SSSR count). The fraction of sp³-hybridized carbons (Fsp3) is 0.312. The van der Waals surface area contributed by atoms with Gasteiger partial charge in [0.15, 0.2) is 0 Å². The zero-order chi connectivity index (χ0) is 29.9. The number of nitrogens with two attached hydrogens (primary N) is 1. The number of phenols is 2. The van der Waals surface area contributed by atoms with Crippen LogP contribution >= 0.6 is 11.6 Å². The highest BCUT2D eigenvalue weighted by molar-refractivity contribution is 6.18. The Morgan fingerprint density at radius 1 is 0.667 bits per heavy atom. The number of aliphatic hydroxyl groups is 2. The van der Waals surface area contributed by atoms with Crippen LogP contribution in [0, 0.1) is 0 Å². The van der Waals surface area contributed by atoms with Gasteiger partial charge in [-0.15, -0.1) is 11.6 Å². The molecule has 0 amide bonds. The topological polar surface area (TPSA) is 139 Å². The first-order chi connectivity index (χ1) is 20.3. The lowest BCUT2D eigenvalue weighted by Gasteiger charge is -2.25. The summed E-state index contributed by atoms with van der Waals surface area (Å²) >= 11 is 5.89. The van der Waals surface area contributed by atoms with Gasteiger partial charge in [-0.1, -0.05) is 30.3 Å². The lowest BCUT2D eigenvalue weighted by molar-refractivity contribution is 0.109. The fourth-order valence-corrected chi connectivity index (χ4v) is 4.90. The molecule has 2 atom stereocenters. The minimum Gasteiger partial charge on any atom is -0.508 e. The van der Waals surface area contributed by atoms with E-state index in [0.29, 0.717) is 44.8 Å². The highest BCUT2D eigenvalue weighted by Gasteiger charge is 2.17. The minimum absolute atomic E-state index is 0.0979. The molecule has 2 unspecified atom stereocenters. The van der Waals surface area contributed by atoms with Crippen LogP contribution in [0.2, 0.25) is 0 Å². The number of rotatable bonds is 15. The number of halogens is 1. The maximum absolute atomic E-state index is 10.7. The summed E-state index contributed by atoms with van der Waals surface area (Å²) in [6.07, 6.45) is 2.02. The number of para-hydroxylation sites is 1. The van der Waals surface area contributed by atoms with E-state index in [1.807, 2.05) is 64.4 Å². The molecule has 0 radical (unpaired) electrons. The number of pyridine rings is 2. The van der Waals surface area contributed by atoms with Gasteiger partial charge in [0.05, 0.1) is 23.6 Å². The van der Waals surface area contributed by atoms with Crippen LogP contribution in [0.3, 0.4) is 0 Å². The van der Waals surface area contributed by atoms with Gasteiger partial charge < -0.3 is 26.2 Å². The molecule has 0 aliphatic heterocycles. The van der Waals surface area contributed by atoms with Crippen molar-refractivity contribution in [3.05, 3.63) is 108 Å². The Bertz CT molecular complexity index is 1410. The van der Waals surface area contributed by atoms with E-state index in [4.69, 9.17) is 17.3 Å². The molecule has 0 saturated carbocycles. The first kappa shape index (κ1) is 31.4. The van der Waals surface area contributed by atoms with E-state index < -0.39 is 12.2 Å². The maximum Gasteiger partial charge on any atom is 0.120 e. The van der Waals surface area contributed by atoms with Crippen LogP contribution in [-0.4, -0.2) is 77.9 Å². The highest BCUT2D eigenvalue weighted by atomic mass is 35.5. The molecule has 4 aromatic rings. The van der Waals surface area contributed by atoms with Crippen LogP contribution in [0.25, 0.3) is 11.1 Å². The number of hydrogen-bond acceptors (Lipinski definition) is 9. The lowest BCUT2D eigenvalue weighted by Crippen LogP contribution is -2.36. The van der Waals surface area contributed by atoms with Crippen molar-refractivity contribution in [1.82, 2.24) is 19.8 Å². The number of aromatic nitrogens is 2. The monoisotopic (exact) mass is 591 g/mol. The zero-order valence-corrected chi connectivity index (χ0v) is 24.2. The number of alkyl halides is 1. The third kappa shape index (κ3) is 9.22. The van der Waals surface area contributed by atoms with Crippen LogP contribution < -0.4 is 5.73 Å². The molecule has 0 saturated heterocycles. The average Bonchev–Trinajstić information content (AvgIpc) is 2.99. The van der Waals surface area contributed by atoms with Crippen molar-refractivity contribution in [1.29, 1.82) is 0 Å². The molecule has 6 N–H and O–H groups in total. The smallest absolute Gasteiger partial charge is 0.120 e. The summed E-state index contributed by atoms with van der Waals surface area (Å²) < 4.78 is 0. The molecule has 42 heavy (non-hydrogen) atoms. The second-order valence-electron chi connectivity index (χ2n) is 10.4. The Hall–Kier alpha value is -3.57. The number of benzene rings is 2. The molecule has 2 heterocycles. The van der Waals surface area contributed by atoms with Gasteiger partial charge >= 0.3 is 0 Å². The van der Waals surface area contributed by atoms with Crippen molar-refractivity contribution >= 4 is 11.6 Å². The van der Waals surface area contributed by atoms with Crippen molar-refractivity contribution in [3.8, 4) is 22.6 Å². The van der Waals surface area contributed by atoms with Gasteiger partial charge in [-0.05, 0) is 53.6 Å². The Morgan fingerprint density at radius 2 is 1.31 bits per heavy atom. The highest BCUT2D eigenvalue weighted by Crippen LogP contribution is 2.28. The largest absolute Gasteiger partial charge is 0.508 e. The van der Waals surface area contributed by atoms with Gasteiger partial charge in [0, 0.05) is 75.2 Å². The minimum atomic E-state index is -0.729. The van der Waals surface area contributed by atoms with Crippen LogP contribution in [-0.2, 0) is 26.2 Å². The van der Waals surface area contributed by atoms with Crippen molar-refractivity contribution in [2.75, 3.05) is 25.5 Å². The molecule has 2 aromatic heterocycles. The molecule has 2 aromatic carbocycles. The van der Waals surface area contributed by atoms with Crippen LogP contribution in [0.15, 0.2) is 85.2 Å². The average molecular weight is 592 g/mol. The molecule has 10 heteroatoms. The number of phenolic OH excluding ortho intramolecular Hbond substituents is 2. The standard InChI is InChI=1S/C32H38ClN5O4/c33-15-29(39)21-37(17-25-5-1-2-7-31(25)41)20-28-14-24(10-12-36-28)23-8-9-32(42)26(13-23)18-38(22-30(40)16-34)19-27-6-3-4-11-35-27/h1-14,29-30,39-42H,15-22,34H2. The zero-order valence-electron chi connectivity index (χ0n) is 23.4. The fourth-order valence-electron chi connectivity index (χ4n) is 4.80. The summed E-state index contributed by atoms with van der Waals surface area (Å²) in [5.74, 6) is 0.447. The van der Waals surface area contributed by atoms with Crippen molar-refractivity contribution in [2.45, 2.75) is 38.4 Å². The van der Waals surface area contributed by atoms with E-state index >= 15 is 0 Å². The van der Waals surface area contributed by atoms with Gasteiger partial charge in [-0.25, -0.2) is 0 Å². The van der Waals surface area contributed by atoms with E-state index in [1.165, 1.54) is 0 Å². The third-order valence-electron chi connectivity index (χ3n) is 6.89. The van der Waals surface area contributed by atoms with Crippen LogP contribution in [0.1, 0.15) is 22.5 Å². The summed E-state index contributed by atoms with van der Waals surface area (Å²) in [4.78, 5) is 13.0. The Kier molecular flexibility index (Phi) is 11.7. The first-order valence-electron chi connectivity index (χ1n) is 13.9. The van der Waals surface area contributed by atoms with E-state index in [1.54, 1.807) is 30.6 Å². The summed E-state index contributed by atoms with van der Waals surface area (Å²) in [5.41, 5.74) is 10.6. The molecular formula is C32H38ClN5O4. The molecule has 222 valence electrons. The van der Waals surface area contributed by atoms with Crippen molar-refractivity contribution in [3.63, 3.8) is 0 Å². The summed E-state index contributed by atoms with van der Waals surface area (Å²) in [5, 5.41) is 41.6. The van der Waals surface area contributed by atoms with Gasteiger partial charge in [0.1, 0.15) is 11.5 Å². The SMILES string of the molecule is NCC(O)CN(Cc1ccccn1)Cc1cc(-c2ccnc(CN(Cc3ccccc3O)CC(O)CCl)c2)ccc1O. The van der Waals surface area contributed by atoms with Gasteiger partial charge in [-0.3, -0.25) is 19.8 Å². The van der Waals surface area contributed by atoms with Crippen LogP contribution in [0.5, 0.6) is 11.5 Å². The molecule has 0 bridgehead atoms. The van der Waals surface area contributed by atoms with E-state index in [0.717, 1.165) is 28.1 Å². The molecule has 9 nitrogen and oxygen atoms in total. The number of aromatic hydroxyl groups is 2. The molecular weight excluding hydrogens is 554 g/mol. The van der Waals surface area contributed by atoms with E-state index in [-0.39, 0.29) is 23.9 Å².